The van der Waals surface area contributed by atoms with E-state index in [0.29, 0.717) is 20.6 Å². The van der Waals surface area contributed by atoms with E-state index in [9.17, 15) is 39.9 Å². The summed E-state index contributed by atoms with van der Waals surface area (Å²) in [5.74, 6) is 0.496. The van der Waals surface area contributed by atoms with Gasteiger partial charge in [-0.15, -0.1) is 0 Å². The Balaban J connectivity index is 0.000000410. The molecular weight excluding hydrogens is 1080 g/mol. The summed E-state index contributed by atoms with van der Waals surface area (Å²) < 4.78 is 7.48. The molecule has 6 rings (SSSR count). The van der Waals surface area contributed by atoms with Crippen LogP contribution >= 0.6 is 59.4 Å². The molecule has 1 fully saturated rings. The number of nitro groups is 3. The average molecular weight is 1130 g/mol. The van der Waals surface area contributed by atoms with Crippen molar-refractivity contribution in [2.75, 3.05) is 18.8 Å². The van der Waals surface area contributed by atoms with Gasteiger partial charge in [0.2, 0.25) is 5.56 Å². The molecule has 24 heteroatoms. The summed E-state index contributed by atoms with van der Waals surface area (Å²) in [6.07, 6.45) is 8.71. The maximum absolute atomic E-state index is 12.1. The Morgan fingerprint density at radius 1 is 0.778 bits per heavy atom. The zero-order chi connectivity index (χ0) is 46.9. The quantitative estimate of drug-likeness (QED) is 0.0734. The summed E-state index contributed by atoms with van der Waals surface area (Å²) >= 11 is 15.0. The van der Waals surface area contributed by atoms with Crippen molar-refractivity contribution in [2.45, 2.75) is 72.8 Å². The molecule has 0 aromatic carbocycles. The van der Waals surface area contributed by atoms with Crippen molar-refractivity contribution >= 4 is 88.2 Å². The van der Waals surface area contributed by atoms with Gasteiger partial charge in [-0.25, -0.2) is 9.78 Å². The molecule has 19 nitrogen and oxygen atoms in total. The molecule has 340 valence electrons. The van der Waals surface area contributed by atoms with Gasteiger partial charge in [0.1, 0.15) is 23.1 Å². The first kappa shape index (κ1) is 56.1. The molecule has 0 atom stereocenters. The van der Waals surface area contributed by atoms with Crippen molar-refractivity contribution in [1.29, 1.82) is 0 Å². The molecular formula is C39H44Br3ClFeN10O9. The number of pyridine rings is 5. The van der Waals surface area contributed by atoms with Crippen LogP contribution in [0.25, 0.3) is 0 Å². The van der Waals surface area contributed by atoms with Crippen molar-refractivity contribution in [2.24, 2.45) is 0 Å². The standard InChI is InChI=1S/C17H26N2O2.C6H5BrN2O2.C6H7BrN2.C5H2BrClN2O2.C5H4N2O3.Fe/c1-12-10-15(13(2)18-11-12)14-6-8-19(9-7-14)16(20)21-17(3,4)5;1-4-6(7)2-5(3-8-4)9(10)11;1-4-6(7)2-5(8)3-9-4;6-4-1-3(9(10)11)2-8-5(4)7;8-5-2-1-4(3-6-5)7(9)10;/h10-11,14H,6-9H2,1-5H3;2-3H,1H3;2-3H,8H2,1H3;1-2H;1-3H,(H,6,8);. The average Bonchev–Trinajstić information content (AvgIpc) is 3.20. The Morgan fingerprint density at radius 2 is 1.27 bits per heavy atom. The van der Waals surface area contributed by atoms with E-state index in [2.05, 4.69) is 92.6 Å². The molecule has 0 spiro atoms. The van der Waals surface area contributed by atoms with Crippen LogP contribution < -0.4 is 11.3 Å². The number of nitrogens with two attached hydrogens (primary N) is 1. The Labute approximate surface area is 403 Å². The van der Waals surface area contributed by atoms with E-state index in [-0.39, 0.29) is 50.9 Å². The number of aromatic nitrogens is 5. The van der Waals surface area contributed by atoms with Gasteiger partial charge in [0.05, 0.1) is 48.7 Å². The van der Waals surface area contributed by atoms with E-state index in [0.717, 1.165) is 72.0 Å². The molecule has 6 heterocycles. The predicted molar refractivity (Wildman–Crippen MR) is 245 cm³/mol. The number of hydrogen-bond acceptors (Lipinski definition) is 14. The molecule has 1 saturated heterocycles. The number of nitrogens with zero attached hydrogens (tertiary/aromatic N) is 8. The summed E-state index contributed by atoms with van der Waals surface area (Å²) in [4.78, 5) is 71.1. The molecule has 1 amide bonds. The minimum absolute atomic E-state index is 0. The molecule has 0 unspecified atom stereocenters. The van der Waals surface area contributed by atoms with Gasteiger partial charge in [0.15, 0.2) is 0 Å². The maximum Gasteiger partial charge on any atom is 0.410 e. The summed E-state index contributed by atoms with van der Waals surface area (Å²) in [6, 6.07) is 9.06. The first-order valence-electron chi connectivity index (χ1n) is 18.2. The minimum Gasteiger partial charge on any atom is -0.444 e. The third-order valence-corrected chi connectivity index (χ3v) is 10.8. The smallest absolute Gasteiger partial charge is 0.410 e. The summed E-state index contributed by atoms with van der Waals surface area (Å²) in [6.45, 7) is 15.1. The van der Waals surface area contributed by atoms with Crippen molar-refractivity contribution in [1.82, 2.24) is 29.8 Å². The second-order valence-corrected chi connectivity index (χ2v) is 17.1. The number of carbonyl (C=O) groups excluding carboxylic acids is 1. The largest absolute Gasteiger partial charge is 0.444 e. The van der Waals surface area contributed by atoms with E-state index in [1.165, 1.54) is 29.5 Å². The van der Waals surface area contributed by atoms with Crippen molar-refractivity contribution in [3.63, 3.8) is 0 Å². The Kier molecular flexibility index (Phi) is 23.7. The van der Waals surface area contributed by atoms with Gasteiger partial charge in [-0.3, -0.25) is 50.1 Å². The number of rotatable bonds is 4. The van der Waals surface area contributed by atoms with Gasteiger partial charge in [-0.1, -0.05) is 17.7 Å². The van der Waals surface area contributed by atoms with Gasteiger partial charge in [-0.2, -0.15) is 0 Å². The molecule has 0 saturated carbocycles. The first-order valence-corrected chi connectivity index (χ1v) is 21.0. The van der Waals surface area contributed by atoms with Crippen LogP contribution in [0.4, 0.5) is 27.5 Å². The van der Waals surface area contributed by atoms with E-state index in [4.69, 9.17) is 22.1 Å². The second kappa shape index (κ2) is 26.6. The van der Waals surface area contributed by atoms with Crippen molar-refractivity contribution < 1.29 is 41.4 Å². The van der Waals surface area contributed by atoms with Crippen molar-refractivity contribution in [3.05, 3.63) is 155 Å². The monoisotopic (exact) mass is 1120 g/mol. The molecule has 1 aliphatic heterocycles. The number of amides is 1. The van der Waals surface area contributed by atoms with Gasteiger partial charge in [0.25, 0.3) is 17.1 Å². The Morgan fingerprint density at radius 3 is 1.71 bits per heavy atom. The molecule has 5 aromatic rings. The van der Waals surface area contributed by atoms with Gasteiger partial charge in [-0.05, 0) is 132 Å². The number of piperidine rings is 1. The van der Waals surface area contributed by atoms with E-state index in [1.807, 2.05) is 44.9 Å². The van der Waals surface area contributed by atoms with Crippen LogP contribution in [0.2, 0.25) is 5.15 Å². The molecule has 0 bridgehead atoms. The van der Waals surface area contributed by atoms with Crippen LogP contribution in [0, 0.1) is 58.0 Å². The second-order valence-electron chi connectivity index (χ2n) is 14.2. The SMILES string of the molecule is Cc1cnc(C)c(C2CCN(C(=O)OC(C)(C)C)CC2)c1.Cc1ncc(N)cc1Br.Cc1ncc([N+](=O)[O-])cc1Br.O=[N+]([O-])c1cnc(Cl)c(Br)c1.O=c1ccc([N+](=O)[O-])c[nH]1.[Fe]. The number of ether oxygens (including phenoxy) is 1. The van der Waals surface area contributed by atoms with Crippen LogP contribution in [-0.4, -0.2) is 69.4 Å². The molecule has 0 aliphatic carbocycles. The molecule has 1 aliphatic rings. The number of nitrogens with one attached hydrogen (secondary N) is 1. The normalized spacial score (nSPS) is 11.8. The van der Waals surface area contributed by atoms with Crippen LogP contribution in [0.1, 0.15) is 67.7 Å². The maximum atomic E-state index is 12.1. The number of aryl methyl sites for hydroxylation is 4. The number of anilines is 1. The Hall–Kier alpha value is -4.93. The Bertz CT molecular complexity index is 2340. The fourth-order valence-corrected chi connectivity index (χ4v) is 6.06. The van der Waals surface area contributed by atoms with Crippen LogP contribution in [0.5, 0.6) is 0 Å². The van der Waals surface area contributed by atoms with Crippen LogP contribution in [0.15, 0.2) is 85.6 Å². The molecule has 3 N–H and O–H groups in total. The number of nitrogen functional groups attached to an aromatic ring is 1. The van der Waals surface area contributed by atoms with Crippen LogP contribution in [0.3, 0.4) is 0 Å². The molecule has 5 aromatic heterocycles. The summed E-state index contributed by atoms with van der Waals surface area (Å²) in [5.41, 5.74) is 10.5. The van der Waals surface area contributed by atoms with E-state index >= 15 is 0 Å². The van der Waals surface area contributed by atoms with Gasteiger partial charge in [0, 0.05) is 75.3 Å². The topological polar surface area (TPSA) is 269 Å². The number of likely N-dealkylation sites (tertiary alicyclic amines) is 1. The number of halogens is 4. The third kappa shape index (κ3) is 20.4. The summed E-state index contributed by atoms with van der Waals surface area (Å²) in [7, 11) is 0. The number of aromatic amines is 1. The number of hydrogen-bond donors (Lipinski definition) is 2. The van der Waals surface area contributed by atoms with E-state index < -0.39 is 20.4 Å². The van der Waals surface area contributed by atoms with Crippen molar-refractivity contribution in [3.8, 4) is 0 Å². The van der Waals surface area contributed by atoms with Gasteiger partial charge < -0.3 is 20.4 Å². The molecule has 0 radical (unpaired) electrons. The predicted octanol–water partition coefficient (Wildman–Crippen LogP) is 10.3. The van der Waals surface area contributed by atoms with Crippen LogP contribution in [-0.2, 0) is 21.8 Å². The fourth-order valence-electron chi connectivity index (χ4n) is 4.92. The van der Waals surface area contributed by atoms with E-state index in [1.54, 1.807) is 13.1 Å². The third-order valence-electron chi connectivity index (χ3n) is 8.09. The summed E-state index contributed by atoms with van der Waals surface area (Å²) in [5, 5.41) is 30.6. The molecule has 63 heavy (non-hydrogen) atoms. The first-order chi connectivity index (χ1) is 28.9. The number of carbonyl (C=O) groups is 1. The minimum atomic E-state index is -0.573. The fraction of sp³-hybridized carbons (Fsp3) is 0.333. The zero-order valence-corrected chi connectivity index (χ0v) is 41.6. The zero-order valence-electron chi connectivity index (χ0n) is 35.0. The number of H-pyrrole nitrogens is 1. The van der Waals surface area contributed by atoms with Gasteiger partial charge >= 0.3 is 6.09 Å².